The summed E-state index contributed by atoms with van der Waals surface area (Å²) in [7, 11) is 1.70. The van der Waals surface area contributed by atoms with Crippen LogP contribution in [0.4, 0.5) is 4.39 Å². The van der Waals surface area contributed by atoms with Gasteiger partial charge in [-0.15, -0.1) is 0 Å². The molecule has 1 aromatic carbocycles. The van der Waals surface area contributed by atoms with Gasteiger partial charge in [-0.3, -0.25) is 4.90 Å². The molecule has 2 heterocycles. The van der Waals surface area contributed by atoms with Crippen molar-refractivity contribution in [1.82, 2.24) is 14.9 Å². The smallest absolute Gasteiger partial charge is 0.126 e. The molecular formula is C18H22FN3O2. The zero-order chi connectivity index (χ0) is 17.0. The van der Waals surface area contributed by atoms with E-state index in [1.54, 1.807) is 19.2 Å². The number of halogens is 1. The average molecular weight is 331 g/mol. The Morgan fingerprint density at radius 2 is 2.08 bits per heavy atom. The molecule has 5 nitrogen and oxygen atoms in total. The Morgan fingerprint density at radius 1 is 1.29 bits per heavy atom. The molecule has 1 unspecified atom stereocenters. The van der Waals surface area contributed by atoms with Crippen molar-refractivity contribution in [3.8, 4) is 5.75 Å². The van der Waals surface area contributed by atoms with Crippen molar-refractivity contribution in [2.45, 2.75) is 25.5 Å². The largest absolute Gasteiger partial charge is 0.490 e. The zero-order valence-corrected chi connectivity index (χ0v) is 14.0. The van der Waals surface area contributed by atoms with E-state index in [1.165, 1.54) is 12.1 Å². The molecule has 0 spiro atoms. The van der Waals surface area contributed by atoms with E-state index >= 15 is 0 Å². The summed E-state index contributed by atoms with van der Waals surface area (Å²) in [5, 5.41) is 0. The molecule has 2 aromatic rings. The summed E-state index contributed by atoms with van der Waals surface area (Å²) < 4.78 is 24.8. The van der Waals surface area contributed by atoms with Crippen LogP contribution in [0.1, 0.15) is 17.8 Å². The Hall–Kier alpha value is -2.05. The summed E-state index contributed by atoms with van der Waals surface area (Å²) >= 11 is 0. The molecule has 1 aliphatic heterocycles. The van der Waals surface area contributed by atoms with E-state index in [-0.39, 0.29) is 11.4 Å². The molecule has 1 fully saturated rings. The molecule has 0 aliphatic carbocycles. The second kappa shape index (κ2) is 7.23. The van der Waals surface area contributed by atoms with E-state index in [1.807, 2.05) is 19.3 Å². The predicted molar refractivity (Wildman–Crippen MR) is 88.3 cm³/mol. The highest BCUT2D eigenvalue weighted by molar-refractivity contribution is 5.22. The van der Waals surface area contributed by atoms with Gasteiger partial charge in [0.05, 0.1) is 0 Å². The van der Waals surface area contributed by atoms with Crippen LogP contribution >= 0.6 is 0 Å². The first-order valence-electron chi connectivity index (χ1n) is 8.02. The van der Waals surface area contributed by atoms with E-state index in [0.717, 1.165) is 37.4 Å². The van der Waals surface area contributed by atoms with Crippen molar-refractivity contribution in [3.63, 3.8) is 0 Å². The molecule has 0 N–H and O–H groups in total. The summed E-state index contributed by atoms with van der Waals surface area (Å²) in [5.41, 5.74) is 0.705. The summed E-state index contributed by atoms with van der Waals surface area (Å²) in [6.45, 7) is 4.72. The number of nitrogens with zero attached hydrogens (tertiary/aromatic N) is 3. The minimum Gasteiger partial charge on any atom is -0.490 e. The molecule has 1 aliphatic rings. The lowest BCUT2D eigenvalue weighted by atomic mass is 10.0. The van der Waals surface area contributed by atoms with E-state index in [2.05, 4.69) is 14.9 Å². The van der Waals surface area contributed by atoms with Gasteiger partial charge in [0.25, 0.3) is 0 Å². The maximum Gasteiger partial charge on any atom is 0.126 e. The third-order valence-corrected chi connectivity index (χ3v) is 4.37. The van der Waals surface area contributed by atoms with Gasteiger partial charge in [0.15, 0.2) is 0 Å². The Kier molecular flexibility index (Phi) is 5.06. The van der Waals surface area contributed by atoms with Gasteiger partial charge in [0.1, 0.15) is 29.6 Å². The van der Waals surface area contributed by atoms with Gasteiger partial charge in [0, 0.05) is 50.8 Å². The molecule has 0 radical (unpaired) electrons. The summed E-state index contributed by atoms with van der Waals surface area (Å²) in [6, 6.07) is 6.19. The van der Waals surface area contributed by atoms with Crippen LogP contribution in [-0.2, 0) is 11.3 Å². The number of rotatable bonds is 6. The molecule has 24 heavy (non-hydrogen) atoms. The van der Waals surface area contributed by atoms with Gasteiger partial charge in [-0.25, -0.2) is 14.4 Å². The van der Waals surface area contributed by atoms with Crippen LogP contribution in [0.2, 0.25) is 0 Å². The minimum absolute atomic E-state index is 0.300. The second-order valence-corrected chi connectivity index (χ2v) is 6.23. The number of likely N-dealkylation sites (tertiary alicyclic amines) is 1. The molecule has 3 rings (SSSR count). The summed E-state index contributed by atoms with van der Waals surface area (Å²) in [4.78, 5) is 10.8. The number of benzene rings is 1. The fourth-order valence-electron chi connectivity index (χ4n) is 2.94. The van der Waals surface area contributed by atoms with Crippen LogP contribution in [0.5, 0.6) is 5.75 Å². The van der Waals surface area contributed by atoms with E-state index < -0.39 is 0 Å². The highest BCUT2D eigenvalue weighted by atomic mass is 19.1. The van der Waals surface area contributed by atoms with Gasteiger partial charge < -0.3 is 9.47 Å². The van der Waals surface area contributed by atoms with Crippen LogP contribution in [0.15, 0.2) is 36.7 Å². The lowest BCUT2D eigenvalue weighted by Crippen LogP contribution is -2.41. The predicted octanol–water partition coefficient (Wildman–Crippen LogP) is 2.59. The van der Waals surface area contributed by atoms with Crippen molar-refractivity contribution in [2.75, 3.05) is 26.8 Å². The van der Waals surface area contributed by atoms with E-state index in [9.17, 15) is 4.39 Å². The van der Waals surface area contributed by atoms with E-state index in [0.29, 0.717) is 12.4 Å². The SMILES string of the molecule is COC1(COc2cccc(F)c2)CCN(Cc2cnc(C)nc2)C1. The van der Waals surface area contributed by atoms with Crippen molar-refractivity contribution in [3.05, 3.63) is 53.9 Å². The maximum absolute atomic E-state index is 13.2. The van der Waals surface area contributed by atoms with Crippen LogP contribution < -0.4 is 4.74 Å². The Morgan fingerprint density at radius 3 is 2.79 bits per heavy atom. The van der Waals surface area contributed by atoms with Crippen molar-refractivity contribution in [2.24, 2.45) is 0 Å². The average Bonchev–Trinajstić information content (AvgIpc) is 2.99. The van der Waals surface area contributed by atoms with Gasteiger partial charge in [0.2, 0.25) is 0 Å². The van der Waals surface area contributed by atoms with Gasteiger partial charge in [-0.2, -0.15) is 0 Å². The third-order valence-electron chi connectivity index (χ3n) is 4.37. The number of hydrogen-bond acceptors (Lipinski definition) is 5. The monoisotopic (exact) mass is 331 g/mol. The van der Waals surface area contributed by atoms with Crippen molar-refractivity contribution >= 4 is 0 Å². The minimum atomic E-state index is -0.377. The van der Waals surface area contributed by atoms with Gasteiger partial charge >= 0.3 is 0 Å². The lowest BCUT2D eigenvalue weighted by Gasteiger charge is -2.28. The topological polar surface area (TPSA) is 47.5 Å². The van der Waals surface area contributed by atoms with E-state index in [4.69, 9.17) is 9.47 Å². The quantitative estimate of drug-likeness (QED) is 0.814. The van der Waals surface area contributed by atoms with Crippen LogP contribution in [0.3, 0.4) is 0 Å². The number of methoxy groups -OCH3 is 1. The Bertz CT molecular complexity index is 680. The summed E-state index contributed by atoms with van der Waals surface area (Å²) in [6.07, 6.45) is 4.59. The Labute approximate surface area is 141 Å². The fraction of sp³-hybridized carbons (Fsp3) is 0.444. The first-order valence-corrected chi connectivity index (χ1v) is 8.02. The second-order valence-electron chi connectivity index (χ2n) is 6.23. The molecule has 1 saturated heterocycles. The zero-order valence-electron chi connectivity index (χ0n) is 14.0. The number of hydrogen-bond donors (Lipinski definition) is 0. The van der Waals surface area contributed by atoms with Gasteiger partial charge in [-0.1, -0.05) is 6.07 Å². The lowest BCUT2D eigenvalue weighted by molar-refractivity contribution is -0.0360. The molecule has 128 valence electrons. The molecular weight excluding hydrogens is 309 g/mol. The molecule has 0 bridgehead atoms. The van der Waals surface area contributed by atoms with Gasteiger partial charge in [-0.05, 0) is 25.5 Å². The fourth-order valence-corrected chi connectivity index (χ4v) is 2.94. The first-order chi connectivity index (χ1) is 11.6. The molecule has 0 amide bonds. The third kappa shape index (κ3) is 4.07. The number of aryl methyl sites for hydroxylation is 1. The number of ether oxygens (including phenoxy) is 2. The standard InChI is InChI=1S/C18H22FN3O2/c1-14-20-9-15(10-21-14)11-22-7-6-18(12-22,23-2)13-24-17-5-3-4-16(19)8-17/h3-5,8-10H,6-7,11-13H2,1-2H3. The molecule has 1 atom stereocenters. The molecule has 6 heteroatoms. The highest BCUT2D eigenvalue weighted by Gasteiger charge is 2.39. The molecule has 1 aromatic heterocycles. The van der Waals surface area contributed by atoms with Crippen molar-refractivity contribution < 1.29 is 13.9 Å². The van der Waals surface area contributed by atoms with Crippen LogP contribution in [-0.4, -0.2) is 47.3 Å². The molecule has 0 saturated carbocycles. The normalized spacial score (nSPS) is 21.1. The Balaban J connectivity index is 1.59. The van der Waals surface area contributed by atoms with Crippen LogP contribution in [0, 0.1) is 12.7 Å². The first kappa shape index (κ1) is 16.8. The number of aromatic nitrogens is 2. The summed E-state index contributed by atoms with van der Waals surface area (Å²) in [5.74, 6) is 0.998. The van der Waals surface area contributed by atoms with Crippen molar-refractivity contribution in [1.29, 1.82) is 0 Å². The highest BCUT2D eigenvalue weighted by Crippen LogP contribution is 2.27. The van der Waals surface area contributed by atoms with Crippen LogP contribution in [0.25, 0.3) is 0 Å². The maximum atomic E-state index is 13.2.